The predicted octanol–water partition coefficient (Wildman–Crippen LogP) is 1.78. The van der Waals surface area contributed by atoms with Gasteiger partial charge in [-0.2, -0.15) is 0 Å². The van der Waals surface area contributed by atoms with Gasteiger partial charge in [-0.1, -0.05) is 0 Å². The summed E-state index contributed by atoms with van der Waals surface area (Å²) in [7, 11) is 0. The van der Waals surface area contributed by atoms with Crippen molar-refractivity contribution in [3.05, 3.63) is 27.7 Å². The Kier molecular flexibility index (Phi) is 2.60. The van der Waals surface area contributed by atoms with Gasteiger partial charge in [-0.3, -0.25) is 9.59 Å². The van der Waals surface area contributed by atoms with Crippen LogP contribution in [0.25, 0.3) is 0 Å². The molecule has 0 aliphatic rings. The van der Waals surface area contributed by atoms with Crippen LogP contribution in [0.2, 0.25) is 0 Å². The Bertz CT molecular complexity index is 300. The van der Waals surface area contributed by atoms with E-state index in [2.05, 4.69) is 15.9 Å². The Morgan fingerprint density at radius 1 is 1.17 bits per heavy atom. The maximum Gasteiger partial charge on any atom is 0.150 e. The number of hydrogen-bond acceptors (Lipinski definition) is 3. The van der Waals surface area contributed by atoms with E-state index in [0.717, 1.165) is 0 Å². The first-order chi connectivity index (χ1) is 5.69. The molecule has 0 radical (unpaired) electrons. The lowest BCUT2D eigenvalue weighted by Crippen LogP contribution is -1.90. The molecular formula is C8H5BrO3. The highest BCUT2D eigenvalue weighted by atomic mass is 79.9. The second-order valence-corrected chi connectivity index (χ2v) is 3.02. The van der Waals surface area contributed by atoms with Crippen molar-refractivity contribution in [3.8, 4) is 5.75 Å². The van der Waals surface area contributed by atoms with E-state index >= 15 is 0 Å². The van der Waals surface area contributed by atoms with E-state index in [0.29, 0.717) is 17.0 Å². The van der Waals surface area contributed by atoms with Crippen molar-refractivity contribution in [1.82, 2.24) is 0 Å². The molecule has 62 valence electrons. The maximum atomic E-state index is 10.4. The minimum atomic E-state index is -0.0531. The molecule has 1 N–H and O–H groups in total. The lowest BCUT2D eigenvalue weighted by atomic mass is 10.1. The quantitative estimate of drug-likeness (QED) is 0.786. The second kappa shape index (κ2) is 3.49. The third-order valence-electron chi connectivity index (χ3n) is 1.41. The van der Waals surface area contributed by atoms with Crippen LogP contribution in [0.3, 0.4) is 0 Å². The zero-order valence-corrected chi connectivity index (χ0v) is 7.54. The Morgan fingerprint density at radius 3 is 2.17 bits per heavy atom. The Labute approximate surface area is 77.1 Å². The first kappa shape index (κ1) is 8.93. The topological polar surface area (TPSA) is 54.4 Å². The Morgan fingerprint density at radius 2 is 1.67 bits per heavy atom. The summed E-state index contributed by atoms with van der Waals surface area (Å²) >= 11 is 3.03. The van der Waals surface area contributed by atoms with Crippen LogP contribution >= 0.6 is 15.9 Å². The van der Waals surface area contributed by atoms with Gasteiger partial charge in [0.25, 0.3) is 0 Å². The Balaban J connectivity index is 3.37. The number of aldehydes is 2. The molecule has 1 aromatic rings. The number of rotatable bonds is 2. The first-order valence-electron chi connectivity index (χ1n) is 3.12. The fourth-order valence-electron chi connectivity index (χ4n) is 0.797. The van der Waals surface area contributed by atoms with E-state index in [-0.39, 0.29) is 16.9 Å². The molecule has 3 nitrogen and oxygen atoms in total. The number of carbonyl (C=O) groups excluding carboxylic acids is 2. The highest BCUT2D eigenvalue weighted by molar-refractivity contribution is 9.10. The second-order valence-electron chi connectivity index (χ2n) is 2.17. The van der Waals surface area contributed by atoms with Crippen LogP contribution in [-0.4, -0.2) is 17.7 Å². The highest BCUT2D eigenvalue weighted by Gasteiger charge is 2.05. The monoisotopic (exact) mass is 228 g/mol. The summed E-state index contributed by atoms with van der Waals surface area (Å²) in [5.41, 5.74) is 0.445. The van der Waals surface area contributed by atoms with Crippen LogP contribution in [0.4, 0.5) is 0 Å². The SMILES string of the molecule is O=Cc1cc(O)c(Br)cc1C=O. The minimum absolute atomic E-state index is 0.0531. The molecule has 0 saturated heterocycles. The normalized spacial score (nSPS) is 9.42. The number of phenols is 1. The van der Waals surface area contributed by atoms with Crippen molar-refractivity contribution in [2.24, 2.45) is 0 Å². The van der Waals surface area contributed by atoms with Gasteiger partial charge < -0.3 is 5.11 Å². The number of benzene rings is 1. The van der Waals surface area contributed by atoms with Crippen LogP contribution in [0.1, 0.15) is 20.7 Å². The van der Waals surface area contributed by atoms with Gasteiger partial charge in [0.1, 0.15) is 5.75 Å². The zero-order chi connectivity index (χ0) is 9.14. The molecule has 0 aromatic heterocycles. The standard InChI is InChI=1S/C8H5BrO3/c9-7-1-5(3-10)6(4-11)2-8(7)12/h1-4,12H. The van der Waals surface area contributed by atoms with Gasteiger partial charge in [0.15, 0.2) is 12.6 Å². The van der Waals surface area contributed by atoms with Gasteiger partial charge in [0, 0.05) is 11.1 Å². The molecule has 0 aliphatic carbocycles. The first-order valence-corrected chi connectivity index (χ1v) is 3.91. The number of halogens is 1. The third kappa shape index (κ3) is 1.53. The predicted molar refractivity (Wildman–Crippen MR) is 46.6 cm³/mol. The number of hydrogen-bond donors (Lipinski definition) is 1. The summed E-state index contributed by atoms with van der Waals surface area (Å²) in [6, 6.07) is 2.63. The summed E-state index contributed by atoms with van der Waals surface area (Å²) < 4.78 is 0.398. The van der Waals surface area contributed by atoms with E-state index in [1.807, 2.05) is 0 Å². The lowest BCUT2D eigenvalue weighted by molar-refractivity contribution is 0.109. The Hall–Kier alpha value is -1.16. The van der Waals surface area contributed by atoms with Crippen LogP contribution in [0, 0.1) is 0 Å². The maximum absolute atomic E-state index is 10.4. The molecular weight excluding hydrogens is 224 g/mol. The smallest absolute Gasteiger partial charge is 0.150 e. The van der Waals surface area contributed by atoms with E-state index in [4.69, 9.17) is 5.11 Å². The van der Waals surface area contributed by atoms with Crippen LogP contribution in [0.15, 0.2) is 16.6 Å². The highest BCUT2D eigenvalue weighted by Crippen LogP contribution is 2.25. The summed E-state index contributed by atoms with van der Waals surface area (Å²) in [5.74, 6) is -0.0531. The molecule has 0 spiro atoms. The van der Waals surface area contributed by atoms with Crippen molar-refractivity contribution < 1.29 is 14.7 Å². The number of phenolic OH excluding ortho intramolecular Hbond substituents is 1. The van der Waals surface area contributed by atoms with Crippen molar-refractivity contribution >= 4 is 28.5 Å². The summed E-state index contributed by atoms with van der Waals surface area (Å²) in [6.07, 6.45) is 1.09. The molecule has 0 saturated carbocycles. The van der Waals surface area contributed by atoms with E-state index in [9.17, 15) is 9.59 Å². The van der Waals surface area contributed by atoms with Crippen molar-refractivity contribution in [1.29, 1.82) is 0 Å². The van der Waals surface area contributed by atoms with Crippen LogP contribution < -0.4 is 0 Å². The molecule has 1 rings (SSSR count). The molecule has 1 aromatic carbocycles. The van der Waals surface area contributed by atoms with Gasteiger partial charge in [0.05, 0.1) is 4.47 Å². The van der Waals surface area contributed by atoms with E-state index < -0.39 is 0 Å². The van der Waals surface area contributed by atoms with Crippen LogP contribution in [0.5, 0.6) is 5.75 Å². The molecule has 0 fully saturated rings. The van der Waals surface area contributed by atoms with Gasteiger partial charge in [-0.25, -0.2) is 0 Å². The van der Waals surface area contributed by atoms with Crippen molar-refractivity contribution in [2.75, 3.05) is 0 Å². The van der Waals surface area contributed by atoms with E-state index in [1.54, 1.807) is 0 Å². The summed E-state index contributed by atoms with van der Waals surface area (Å²) in [4.78, 5) is 20.8. The molecule has 12 heavy (non-hydrogen) atoms. The lowest BCUT2D eigenvalue weighted by Gasteiger charge is -2.00. The van der Waals surface area contributed by atoms with Gasteiger partial charge in [-0.15, -0.1) is 0 Å². The fraction of sp³-hybridized carbons (Fsp3) is 0. The minimum Gasteiger partial charge on any atom is -0.507 e. The van der Waals surface area contributed by atoms with Gasteiger partial charge in [0.2, 0.25) is 0 Å². The van der Waals surface area contributed by atoms with Gasteiger partial charge in [-0.05, 0) is 28.1 Å². The molecule has 0 atom stereocenters. The van der Waals surface area contributed by atoms with Crippen LogP contribution in [-0.2, 0) is 0 Å². The van der Waals surface area contributed by atoms with E-state index in [1.165, 1.54) is 12.1 Å². The molecule has 0 heterocycles. The van der Waals surface area contributed by atoms with Crippen molar-refractivity contribution in [3.63, 3.8) is 0 Å². The molecule has 0 bridgehead atoms. The zero-order valence-electron chi connectivity index (χ0n) is 5.95. The van der Waals surface area contributed by atoms with Gasteiger partial charge >= 0.3 is 0 Å². The summed E-state index contributed by atoms with van der Waals surface area (Å²) in [6.45, 7) is 0. The number of carbonyl (C=O) groups is 2. The third-order valence-corrected chi connectivity index (χ3v) is 2.04. The molecule has 0 aliphatic heterocycles. The average molecular weight is 229 g/mol. The number of aromatic hydroxyl groups is 1. The fourth-order valence-corrected chi connectivity index (χ4v) is 1.16. The molecule has 4 heteroatoms. The molecule has 0 unspecified atom stereocenters. The summed E-state index contributed by atoms with van der Waals surface area (Å²) in [5, 5.41) is 9.13. The molecule has 0 amide bonds. The van der Waals surface area contributed by atoms with Crippen molar-refractivity contribution in [2.45, 2.75) is 0 Å². The average Bonchev–Trinajstić information content (AvgIpc) is 2.09. The largest absolute Gasteiger partial charge is 0.507 e.